The molecule has 0 amide bonds. The molecule has 9 aliphatic heterocycles. The fraction of sp³-hybridized carbons (Fsp3) is 0.448. The molecule has 730 valence electrons. The zero-order chi connectivity index (χ0) is 95.7. The summed E-state index contributed by atoms with van der Waals surface area (Å²) in [6.07, 6.45) is -8.60. The van der Waals surface area contributed by atoms with Crippen LogP contribution in [0.1, 0.15) is 42.9 Å². The Labute approximate surface area is 795 Å². The molecule has 16 N–H and O–H groups in total. The summed E-state index contributed by atoms with van der Waals surface area (Å²) < 4.78 is 156. The molecule has 0 saturated carbocycles. The van der Waals surface area contributed by atoms with Gasteiger partial charge in [-0.15, -0.1) is 16.9 Å². The highest BCUT2D eigenvalue weighted by Gasteiger charge is 2.58. The average molecular weight is 2150 g/mol. The van der Waals surface area contributed by atoms with Crippen molar-refractivity contribution in [2.75, 3.05) is 56.8 Å². The minimum atomic E-state index is -4.39. The van der Waals surface area contributed by atoms with Crippen LogP contribution >= 0.6 is 64.4 Å². The number of thioether (sulfide) groups is 1. The van der Waals surface area contributed by atoms with Crippen LogP contribution < -0.4 is 33.9 Å². The van der Waals surface area contributed by atoms with Crippen LogP contribution in [0.15, 0.2) is 126 Å². The summed E-state index contributed by atoms with van der Waals surface area (Å²) in [5.74, 6) is 0.567. The van der Waals surface area contributed by atoms with E-state index in [9.17, 15) is 58.7 Å². The van der Waals surface area contributed by atoms with Crippen LogP contribution in [0.3, 0.4) is 0 Å². The van der Waals surface area contributed by atoms with E-state index >= 15 is 8.78 Å². The van der Waals surface area contributed by atoms with E-state index in [0.29, 0.717) is 44.9 Å². The number of imidazole rings is 7. The lowest BCUT2D eigenvalue weighted by atomic mass is 10.1. The van der Waals surface area contributed by atoms with Crippen molar-refractivity contribution in [1.29, 1.82) is 0 Å². The molecule has 70 heteroatoms. The molecule has 23 rings (SSSR count). The number of rotatable bonds is 6. The maximum Gasteiger partial charge on any atom is 0.386 e. The Morgan fingerprint density at radius 2 is 0.891 bits per heavy atom. The number of halogens is 2. The van der Waals surface area contributed by atoms with E-state index in [4.69, 9.17) is 154 Å². The van der Waals surface area contributed by atoms with Crippen molar-refractivity contribution in [3.05, 3.63) is 143 Å². The molecular weight excluding hydrogens is 2080 g/mol. The maximum absolute atomic E-state index is 16.1. The molecule has 6 unspecified atom stereocenters. The lowest BCUT2D eigenvalue weighted by Gasteiger charge is -2.28. The third-order valence-corrected chi connectivity index (χ3v) is 34.2. The minimum Gasteiger partial charge on any atom is -0.397 e. The normalized spacial score (nSPS) is 36.9. The summed E-state index contributed by atoms with van der Waals surface area (Å²) >= 11 is 31.6. The maximum atomic E-state index is 16.1. The number of aliphatic hydroxyl groups is 3. The van der Waals surface area contributed by atoms with E-state index < -0.39 is 217 Å². The van der Waals surface area contributed by atoms with Gasteiger partial charge in [-0.05, 0) is 77.2 Å². The Morgan fingerprint density at radius 3 is 1.50 bits per heavy atom. The number of aliphatic hydroxyl groups excluding tert-OH is 3. The van der Waals surface area contributed by atoms with Crippen LogP contribution in [0.2, 0.25) is 0 Å². The van der Waals surface area contributed by atoms with Gasteiger partial charge in [-0.2, -0.15) is 4.68 Å². The second-order valence-corrected chi connectivity index (χ2v) is 49.8. The van der Waals surface area contributed by atoms with Crippen LogP contribution in [0, 0.1) is 0 Å². The van der Waals surface area contributed by atoms with Gasteiger partial charge in [0.25, 0.3) is 16.7 Å². The van der Waals surface area contributed by atoms with E-state index in [2.05, 4.69) is 82.4 Å². The Morgan fingerprint density at radius 1 is 0.431 bits per heavy atom. The number of pyridine rings is 3. The molecule has 14 aromatic heterocycles. The molecule has 0 radical (unpaired) electrons. The molecule has 14 aromatic rings. The number of hydrogen-bond donors (Lipinski definition) is 14. The highest BCUT2D eigenvalue weighted by Crippen LogP contribution is 2.62. The number of alkyl halides is 2. The number of fused-ring (bicyclic) bond motifs is 17. The number of aromatic amines is 2. The van der Waals surface area contributed by atoms with Gasteiger partial charge in [0.2, 0.25) is 17.3 Å². The third-order valence-electron chi connectivity index (χ3n) is 23.3. The summed E-state index contributed by atoms with van der Waals surface area (Å²) in [5.41, 5.74) is 20.1. The number of nitrogens with one attached hydrogen (secondary N) is 2. The number of H-pyrrole nitrogens is 2. The average Bonchev–Trinajstić information content (AvgIpc) is 1.60. The van der Waals surface area contributed by atoms with Crippen molar-refractivity contribution in [2.24, 2.45) is 0 Å². The van der Waals surface area contributed by atoms with Gasteiger partial charge in [-0.25, -0.2) is 72.0 Å². The number of anilines is 3. The summed E-state index contributed by atoms with van der Waals surface area (Å²) in [6.45, 7) is -28.0. The molecule has 9 fully saturated rings. The Bertz CT molecular complexity index is 7290. The van der Waals surface area contributed by atoms with Gasteiger partial charge >= 0.3 is 40.4 Å². The van der Waals surface area contributed by atoms with Gasteiger partial charge in [-0.1, -0.05) is 17.5 Å². The summed E-state index contributed by atoms with van der Waals surface area (Å²) in [4.78, 5) is 142. The Hall–Kier alpha value is -7.57. The monoisotopic (exact) mass is 2150 g/mol. The second kappa shape index (κ2) is 36.7. The number of nitrogen functional groups attached to an aromatic ring is 3. The Kier molecular flexibility index (Phi) is 25.6. The smallest absolute Gasteiger partial charge is 0.386 e. The third kappa shape index (κ3) is 18.1. The van der Waals surface area contributed by atoms with Crippen LogP contribution in [0.4, 0.5) is 25.8 Å². The fourth-order valence-electron chi connectivity index (χ4n) is 16.9. The number of aromatic nitrogens is 23. The molecule has 0 aliphatic carbocycles. The second-order valence-electron chi connectivity index (χ2n) is 31.6. The number of hydrogen-bond acceptors (Lipinski definition) is 45. The largest absolute Gasteiger partial charge is 0.397 e. The number of thiol groups is 1. The molecule has 0 spiro atoms. The SMILES string of the molecule is Nc1ccnc2c1ncn2[C@@H]1O[C@@H]2COP(O)(=S)O[C@@H]3[C@H](O)[C@@H](COP(=O)(S)O[C@H]2[C@@H]1F)O[C@H]3n1cnc2c(=O)n3ccnc3[nH]c21.Nc1ccnc2c1ncn2[C@@H]1S[C@@H]2COP(O)(=S)O[C@@H]3[C@H](F)[C@@H](COP(O)(=S)O[C@H]2[C@H]1O)O[C@H]3n1cnc2c(=O)n3ccnc3[nH]c21.Nc1ccnc2c1nnn2[C@H]1C[C@@H]2OP(O)(=S)OC[C@H]3O[C@@H](n4ccc(=O)n5ccnc45)[C@H](OP(O)(=S)OC[C@H]2O1)[C@@H]3O. The van der Waals surface area contributed by atoms with Gasteiger partial charge in [0.05, 0.1) is 87.3 Å². The first-order chi connectivity index (χ1) is 65.3. The van der Waals surface area contributed by atoms with E-state index in [-0.39, 0.29) is 70.5 Å². The highest BCUT2D eigenvalue weighted by atomic mass is 32.7. The molecular formula is C67H72F2N26O29P6S7. The fourth-order valence-corrected chi connectivity index (χ4v) is 27.2. The first-order valence-electron chi connectivity index (χ1n) is 40.5. The molecule has 23 heterocycles. The minimum absolute atomic E-state index is 0.00210. The summed E-state index contributed by atoms with van der Waals surface area (Å²) in [6, 6.07) is 5.98. The lowest BCUT2D eigenvalue weighted by Crippen LogP contribution is -2.36. The quantitative estimate of drug-likeness (QED) is 0.0829. The molecule has 9 aliphatic rings. The molecule has 6 bridgehead atoms. The molecule has 55 nitrogen and oxygen atoms in total. The van der Waals surface area contributed by atoms with E-state index in [1.165, 1.54) is 136 Å². The summed E-state index contributed by atoms with van der Waals surface area (Å²) in [7, 11) is 0. The Balaban J connectivity index is 0.000000123. The van der Waals surface area contributed by atoms with Crippen molar-refractivity contribution < 1.29 is 131 Å². The van der Waals surface area contributed by atoms with Crippen LogP contribution in [0.5, 0.6) is 0 Å². The van der Waals surface area contributed by atoms with Crippen LogP contribution in [-0.2, 0) is 142 Å². The van der Waals surface area contributed by atoms with Crippen molar-refractivity contribution in [3.8, 4) is 0 Å². The van der Waals surface area contributed by atoms with Crippen molar-refractivity contribution in [3.63, 3.8) is 0 Å². The van der Waals surface area contributed by atoms with E-state index in [1.807, 2.05) is 0 Å². The zero-order valence-corrected chi connectivity index (χ0v) is 79.9. The van der Waals surface area contributed by atoms with Gasteiger partial charge in [-0.3, -0.25) is 64.2 Å². The topological polar surface area (TPSA) is 694 Å². The first-order valence-corrected chi connectivity index (χ1v) is 57.1. The highest BCUT2D eigenvalue weighted by molar-refractivity contribution is 8.44. The lowest BCUT2D eigenvalue weighted by molar-refractivity contribution is -0.0617. The van der Waals surface area contributed by atoms with Gasteiger partial charge in [0.15, 0.2) is 77.0 Å². The summed E-state index contributed by atoms with van der Waals surface area (Å²) in [5, 5.41) is 40.4. The molecule has 9 saturated heterocycles. The molecule has 137 heavy (non-hydrogen) atoms. The predicted molar refractivity (Wildman–Crippen MR) is 488 cm³/mol. The molecule has 29 atom stereocenters. The molecule has 0 aromatic carbocycles. The van der Waals surface area contributed by atoms with Gasteiger partial charge < -0.3 is 122 Å². The first kappa shape index (κ1) is 95.6. The number of nitrogens with two attached hydrogens (primary N) is 3. The van der Waals surface area contributed by atoms with E-state index in [0.717, 1.165) is 11.8 Å². The van der Waals surface area contributed by atoms with Crippen molar-refractivity contribution in [2.45, 2.75) is 146 Å². The number of ether oxygens (including phenoxy) is 5. The van der Waals surface area contributed by atoms with Crippen molar-refractivity contribution >= 4 is 214 Å². The van der Waals surface area contributed by atoms with E-state index in [1.54, 1.807) is 16.7 Å². The van der Waals surface area contributed by atoms with Crippen molar-refractivity contribution in [1.82, 2.24) is 111 Å². The zero-order valence-electron chi connectivity index (χ0n) is 68.7. The van der Waals surface area contributed by atoms with Gasteiger partial charge in [0.1, 0.15) is 113 Å². The van der Waals surface area contributed by atoms with Gasteiger partial charge in [0, 0.05) is 74.5 Å². The number of nitrogens with zero attached hydrogens (tertiary/aromatic N) is 21. The standard InChI is InChI=1S/C23H24FN9O10P2S2.C23H24FN9O9P2S3.C21H24N8O10P2S2/c24-12-16-11(41-21(12)32-7-28-13-9(25)1-2-26-18(13)32)6-39-45(37,47)43-17-15(34)10(5-38-44(36,46)42-16)40-22(17)33-8-29-14-19(33)30-23-27-3-4-31(23)20(14)35;24-12-10-5-38-43(36,45)41-16-11(47-22(15(16)34)33-8-28-13-9(25)1-2-26-18(13)33)6-39-44(37,46)42-17(12)21(40-10)32-7-29-14-19(32)30-23-27-3-4-31(23)20(14)35;22-10-1-3-23-19-16(10)25-26-29(19)15-7-11-12(36-15)8-34-41(33,43)39-18-17(31)13(9-35-40(32,42)38-11)37-20(18)28-5-2-14(30)27-6-4-24-21(27)28/h1-4,7-8,10-12,15-17,21-22,34H,5-6H2,(H2,25,26)(H,27,30)(H,36,46)(H,37,47);1-4,7-8,10-12,15-17,21-22,34H,5-6H2,(H2,25,26)(H,27,30)(H,36,45)(H,37,46);1-6,11-13,15,17-18,20,31H,7-9H2,(H2,22,23)(H,32,42)(H,33,43)/t10-,11-,12+,15-,16-,17-,21-,22-,44?,45?;10-,11-,12-,15-,16-,17-,21-,22-,43?,44?;11-,12+,13+,15+,17+,18+,20+,40?,41?/m110/s1. The van der Waals surface area contributed by atoms with Crippen LogP contribution in [-0.4, -0.2) is 293 Å². The van der Waals surface area contributed by atoms with Crippen LogP contribution in [0.25, 0.3) is 73.2 Å². The predicted octanol–water partition coefficient (Wildman–Crippen LogP) is 1.54.